The molecule has 0 aliphatic carbocycles. The highest BCUT2D eigenvalue weighted by Crippen LogP contribution is 2.14. The molecule has 1 rings (SSSR count). The van der Waals surface area contributed by atoms with Gasteiger partial charge in [0.25, 0.3) is 0 Å². The largest absolute Gasteiger partial charge is 0.388 e. The molecule has 88 valence electrons. The third-order valence-corrected chi connectivity index (χ3v) is 2.99. The van der Waals surface area contributed by atoms with E-state index in [0.29, 0.717) is 13.0 Å². The van der Waals surface area contributed by atoms with Crippen molar-refractivity contribution in [2.45, 2.75) is 32.0 Å². The molecule has 1 heterocycles. The van der Waals surface area contributed by atoms with Gasteiger partial charge in [0.15, 0.2) is 0 Å². The third-order valence-electron chi connectivity index (χ3n) is 2.99. The molecule has 0 aromatic carbocycles. The Morgan fingerprint density at radius 1 is 1.47 bits per heavy atom. The Labute approximate surface area is 89.9 Å². The molecule has 0 saturated carbocycles. The van der Waals surface area contributed by atoms with Gasteiger partial charge in [0.2, 0.25) is 5.91 Å². The molecule has 4 N–H and O–H groups in total. The molecule has 1 amide bonds. The summed E-state index contributed by atoms with van der Waals surface area (Å²) in [5.41, 5.74) is 5.52. The average Bonchev–Trinajstić information content (AvgIpc) is 2.55. The van der Waals surface area contributed by atoms with Crippen LogP contribution >= 0.6 is 0 Å². The minimum absolute atomic E-state index is 0.0251. The van der Waals surface area contributed by atoms with Crippen LogP contribution in [0.1, 0.15) is 19.8 Å². The molecule has 5 heteroatoms. The first kappa shape index (κ1) is 12.4. The third kappa shape index (κ3) is 3.15. The van der Waals surface area contributed by atoms with E-state index >= 15 is 0 Å². The van der Waals surface area contributed by atoms with E-state index in [-0.39, 0.29) is 24.9 Å². The van der Waals surface area contributed by atoms with Crippen LogP contribution in [0, 0.1) is 5.92 Å². The molecule has 0 radical (unpaired) electrons. The maximum absolute atomic E-state index is 11.7. The lowest BCUT2D eigenvalue weighted by atomic mass is 10.0. The predicted molar refractivity (Wildman–Crippen MR) is 56.0 cm³/mol. The highest BCUT2D eigenvalue weighted by atomic mass is 16.3. The summed E-state index contributed by atoms with van der Waals surface area (Å²) in [6.45, 7) is 2.97. The molecule has 3 atom stereocenters. The summed E-state index contributed by atoms with van der Waals surface area (Å²) in [6.07, 6.45) is -0.313. The van der Waals surface area contributed by atoms with Crippen LogP contribution in [0.5, 0.6) is 0 Å². The number of β-amino-alcohol motifs (C(OH)–C–C–N with tert-alkyl or cyclic N) is 2. The Morgan fingerprint density at radius 2 is 2.00 bits per heavy atom. The van der Waals surface area contributed by atoms with Gasteiger partial charge in [-0.05, 0) is 12.5 Å². The predicted octanol–water partition coefficient (Wildman–Crippen LogP) is -1.07. The lowest BCUT2D eigenvalue weighted by molar-refractivity contribution is -0.131. The maximum atomic E-state index is 11.7. The quantitative estimate of drug-likeness (QED) is 0.558. The van der Waals surface area contributed by atoms with Crippen molar-refractivity contribution in [2.75, 3.05) is 19.6 Å². The van der Waals surface area contributed by atoms with Crippen molar-refractivity contribution in [1.29, 1.82) is 0 Å². The van der Waals surface area contributed by atoms with Gasteiger partial charge >= 0.3 is 0 Å². The van der Waals surface area contributed by atoms with Gasteiger partial charge in [-0.15, -0.1) is 0 Å². The van der Waals surface area contributed by atoms with E-state index < -0.39 is 12.2 Å². The Bertz CT molecular complexity index is 209. The molecule has 15 heavy (non-hydrogen) atoms. The second kappa shape index (κ2) is 5.44. The summed E-state index contributed by atoms with van der Waals surface area (Å²) in [5.74, 6) is 0.176. The number of aliphatic hydroxyl groups excluding tert-OH is 2. The number of rotatable bonds is 4. The van der Waals surface area contributed by atoms with Crippen LogP contribution in [0.4, 0.5) is 0 Å². The summed E-state index contributed by atoms with van der Waals surface area (Å²) < 4.78 is 0. The molecule has 0 bridgehead atoms. The van der Waals surface area contributed by atoms with Crippen LogP contribution in [0.3, 0.4) is 0 Å². The lowest BCUT2D eigenvalue weighted by Gasteiger charge is -2.18. The summed E-state index contributed by atoms with van der Waals surface area (Å²) in [7, 11) is 0. The van der Waals surface area contributed by atoms with E-state index in [1.165, 1.54) is 4.90 Å². The van der Waals surface area contributed by atoms with Gasteiger partial charge in [0, 0.05) is 19.5 Å². The van der Waals surface area contributed by atoms with Crippen LogP contribution in [0.25, 0.3) is 0 Å². The van der Waals surface area contributed by atoms with Crippen LogP contribution in [-0.2, 0) is 4.79 Å². The van der Waals surface area contributed by atoms with E-state index in [1.54, 1.807) is 0 Å². The van der Waals surface area contributed by atoms with E-state index in [4.69, 9.17) is 5.73 Å². The fraction of sp³-hybridized carbons (Fsp3) is 0.900. The van der Waals surface area contributed by atoms with Gasteiger partial charge in [0.05, 0.1) is 12.2 Å². The van der Waals surface area contributed by atoms with Crippen LogP contribution < -0.4 is 5.73 Å². The zero-order chi connectivity index (χ0) is 11.4. The minimum Gasteiger partial charge on any atom is -0.388 e. The molecule has 1 aliphatic heterocycles. The number of aliphatic hydroxyl groups is 2. The van der Waals surface area contributed by atoms with Crippen molar-refractivity contribution in [3.8, 4) is 0 Å². The first-order chi connectivity index (χ1) is 7.08. The van der Waals surface area contributed by atoms with Crippen molar-refractivity contribution in [1.82, 2.24) is 4.90 Å². The molecule has 5 nitrogen and oxygen atoms in total. The summed E-state index contributed by atoms with van der Waals surface area (Å²) >= 11 is 0. The SMILES string of the molecule is CCC(CN)CC(=O)N1C[C@@H](O)[C@@H](O)C1. The zero-order valence-corrected chi connectivity index (χ0v) is 9.09. The lowest BCUT2D eigenvalue weighted by Crippen LogP contribution is -2.32. The molecule has 0 aromatic heterocycles. The Morgan fingerprint density at radius 3 is 2.40 bits per heavy atom. The zero-order valence-electron chi connectivity index (χ0n) is 9.09. The first-order valence-electron chi connectivity index (χ1n) is 5.42. The Balaban J connectivity index is 2.41. The number of nitrogens with zero attached hydrogens (tertiary/aromatic N) is 1. The molecule has 1 aliphatic rings. The number of hydrogen-bond donors (Lipinski definition) is 3. The van der Waals surface area contributed by atoms with Crippen molar-refractivity contribution in [2.24, 2.45) is 11.7 Å². The summed E-state index contributed by atoms with van der Waals surface area (Å²) in [6, 6.07) is 0. The molecular weight excluding hydrogens is 196 g/mol. The molecule has 1 saturated heterocycles. The highest BCUT2D eigenvalue weighted by Gasteiger charge is 2.32. The van der Waals surface area contributed by atoms with E-state index in [9.17, 15) is 15.0 Å². The van der Waals surface area contributed by atoms with Gasteiger partial charge in [0.1, 0.15) is 0 Å². The number of carbonyl (C=O) groups excluding carboxylic acids is 1. The van der Waals surface area contributed by atoms with Crippen LogP contribution in [0.2, 0.25) is 0 Å². The Hall–Kier alpha value is -0.650. The van der Waals surface area contributed by atoms with Crippen molar-refractivity contribution < 1.29 is 15.0 Å². The average molecular weight is 216 g/mol. The topological polar surface area (TPSA) is 86.8 Å². The second-order valence-corrected chi connectivity index (χ2v) is 4.15. The fourth-order valence-electron chi connectivity index (χ4n) is 1.74. The van der Waals surface area contributed by atoms with E-state index in [0.717, 1.165) is 6.42 Å². The highest BCUT2D eigenvalue weighted by molar-refractivity contribution is 5.76. The fourth-order valence-corrected chi connectivity index (χ4v) is 1.74. The number of carbonyl (C=O) groups is 1. The van der Waals surface area contributed by atoms with Gasteiger partial charge in [-0.3, -0.25) is 4.79 Å². The molecular formula is C10H20N2O3. The number of likely N-dealkylation sites (tertiary alicyclic amines) is 1. The van der Waals surface area contributed by atoms with E-state index in [2.05, 4.69) is 0 Å². The molecule has 1 unspecified atom stereocenters. The van der Waals surface area contributed by atoms with Gasteiger partial charge < -0.3 is 20.8 Å². The second-order valence-electron chi connectivity index (χ2n) is 4.15. The van der Waals surface area contributed by atoms with Gasteiger partial charge in [-0.2, -0.15) is 0 Å². The van der Waals surface area contributed by atoms with Crippen LogP contribution in [-0.4, -0.2) is 52.9 Å². The molecule has 1 fully saturated rings. The van der Waals surface area contributed by atoms with Crippen molar-refractivity contribution in [3.63, 3.8) is 0 Å². The number of amides is 1. The number of nitrogens with two attached hydrogens (primary N) is 1. The summed E-state index contributed by atoms with van der Waals surface area (Å²) in [5, 5.41) is 18.6. The Kier molecular flexibility index (Phi) is 4.50. The molecule has 0 spiro atoms. The van der Waals surface area contributed by atoms with Crippen molar-refractivity contribution >= 4 is 5.91 Å². The normalized spacial score (nSPS) is 28.1. The van der Waals surface area contributed by atoms with Crippen molar-refractivity contribution in [3.05, 3.63) is 0 Å². The van der Waals surface area contributed by atoms with E-state index in [1.807, 2.05) is 6.92 Å². The standard InChI is InChI=1S/C10H20N2O3/c1-2-7(4-11)3-10(15)12-5-8(13)9(14)6-12/h7-9,13-14H,2-6,11H2,1H3/t7?,8-,9+. The maximum Gasteiger partial charge on any atom is 0.223 e. The van der Waals surface area contributed by atoms with Gasteiger partial charge in [-0.1, -0.05) is 13.3 Å². The monoisotopic (exact) mass is 216 g/mol. The number of hydrogen-bond acceptors (Lipinski definition) is 4. The van der Waals surface area contributed by atoms with Crippen LogP contribution in [0.15, 0.2) is 0 Å². The summed E-state index contributed by atoms with van der Waals surface area (Å²) in [4.78, 5) is 13.2. The van der Waals surface area contributed by atoms with Gasteiger partial charge in [-0.25, -0.2) is 0 Å². The smallest absolute Gasteiger partial charge is 0.223 e. The molecule has 0 aromatic rings. The minimum atomic E-state index is -0.799. The first-order valence-corrected chi connectivity index (χ1v) is 5.42.